The second-order valence-electron chi connectivity index (χ2n) is 7.43. The molecular weight excluding hydrogens is 376 g/mol. The van der Waals surface area contributed by atoms with Gasteiger partial charge in [-0.25, -0.2) is 13.1 Å². The van der Waals surface area contributed by atoms with Gasteiger partial charge in [0.05, 0.1) is 23.6 Å². The molecule has 28 heavy (non-hydrogen) atoms. The minimum absolute atomic E-state index is 0.0987. The van der Waals surface area contributed by atoms with Gasteiger partial charge in [0.1, 0.15) is 9.84 Å². The number of aryl methyl sites for hydroxylation is 1. The van der Waals surface area contributed by atoms with Crippen molar-refractivity contribution in [3.63, 3.8) is 0 Å². The summed E-state index contributed by atoms with van der Waals surface area (Å²) in [7, 11) is -2.96. The van der Waals surface area contributed by atoms with Crippen LogP contribution in [0.1, 0.15) is 17.0 Å². The van der Waals surface area contributed by atoms with Crippen molar-refractivity contribution >= 4 is 15.7 Å². The lowest BCUT2D eigenvalue weighted by Crippen LogP contribution is -2.50. The Morgan fingerprint density at radius 2 is 1.71 bits per heavy atom. The van der Waals surface area contributed by atoms with Gasteiger partial charge in [0.15, 0.2) is 0 Å². The molecule has 1 aromatic carbocycles. The van der Waals surface area contributed by atoms with E-state index in [1.54, 1.807) is 0 Å². The van der Waals surface area contributed by atoms with Crippen LogP contribution in [0.3, 0.4) is 0 Å². The standard InChI is InChI=1S/C20H28N4O3S/c1-16-19(17(2)24(21-16)18-7-5-4-6-8-18)15-20(25)23-11-9-22(10-12-23)13-14-28(3,26)27/h4-8H,9-15H2,1-3H3. The van der Waals surface area contributed by atoms with E-state index in [0.29, 0.717) is 39.1 Å². The van der Waals surface area contributed by atoms with Crippen LogP contribution in [0, 0.1) is 13.8 Å². The van der Waals surface area contributed by atoms with Gasteiger partial charge in [0, 0.05) is 50.2 Å². The molecule has 2 aromatic rings. The van der Waals surface area contributed by atoms with Gasteiger partial charge in [-0.2, -0.15) is 5.10 Å². The Labute approximate surface area is 166 Å². The lowest BCUT2D eigenvalue weighted by molar-refractivity contribution is -0.132. The second-order valence-corrected chi connectivity index (χ2v) is 9.69. The number of rotatable bonds is 6. The Balaban J connectivity index is 1.61. The van der Waals surface area contributed by atoms with Crippen molar-refractivity contribution in [2.24, 2.45) is 0 Å². The van der Waals surface area contributed by atoms with Gasteiger partial charge in [-0.05, 0) is 26.0 Å². The number of piperazine rings is 1. The topological polar surface area (TPSA) is 75.5 Å². The summed E-state index contributed by atoms with van der Waals surface area (Å²) < 4.78 is 24.5. The molecule has 0 saturated carbocycles. The smallest absolute Gasteiger partial charge is 0.227 e. The Kier molecular flexibility index (Phi) is 6.20. The number of para-hydroxylation sites is 1. The molecule has 1 fully saturated rings. The van der Waals surface area contributed by atoms with Crippen LogP contribution in [-0.2, 0) is 21.1 Å². The van der Waals surface area contributed by atoms with E-state index in [0.717, 1.165) is 22.6 Å². The van der Waals surface area contributed by atoms with Gasteiger partial charge in [-0.3, -0.25) is 9.69 Å². The highest BCUT2D eigenvalue weighted by atomic mass is 32.2. The Bertz CT molecular complexity index is 930. The maximum absolute atomic E-state index is 12.8. The first-order chi connectivity index (χ1) is 13.2. The van der Waals surface area contributed by atoms with Crippen LogP contribution < -0.4 is 0 Å². The quantitative estimate of drug-likeness (QED) is 0.724. The van der Waals surface area contributed by atoms with Crippen molar-refractivity contribution in [3.8, 4) is 5.69 Å². The van der Waals surface area contributed by atoms with Gasteiger partial charge in [0.2, 0.25) is 5.91 Å². The van der Waals surface area contributed by atoms with Crippen LogP contribution in [0.15, 0.2) is 30.3 Å². The van der Waals surface area contributed by atoms with E-state index >= 15 is 0 Å². The average Bonchev–Trinajstić information content (AvgIpc) is 2.95. The van der Waals surface area contributed by atoms with Gasteiger partial charge in [-0.1, -0.05) is 18.2 Å². The van der Waals surface area contributed by atoms with Crippen molar-refractivity contribution in [1.82, 2.24) is 19.6 Å². The van der Waals surface area contributed by atoms with Crippen molar-refractivity contribution in [3.05, 3.63) is 47.3 Å². The molecule has 0 radical (unpaired) electrons. The molecule has 2 heterocycles. The number of benzene rings is 1. The zero-order chi connectivity index (χ0) is 20.3. The summed E-state index contributed by atoms with van der Waals surface area (Å²) in [6, 6.07) is 9.91. The number of nitrogens with zero attached hydrogens (tertiary/aromatic N) is 4. The third-order valence-corrected chi connectivity index (χ3v) is 6.20. The summed E-state index contributed by atoms with van der Waals surface area (Å²) in [6.07, 6.45) is 1.60. The Hall–Kier alpha value is -2.19. The Morgan fingerprint density at radius 1 is 1.07 bits per heavy atom. The van der Waals surface area contributed by atoms with Crippen LogP contribution in [0.4, 0.5) is 0 Å². The maximum Gasteiger partial charge on any atom is 0.227 e. The SMILES string of the molecule is Cc1nn(-c2ccccc2)c(C)c1CC(=O)N1CCN(CCS(C)(=O)=O)CC1. The fraction of sp³-hybridized carbons (Fsp3) is 0.500. The molecule has 8 heteroatoms. The van der Waals surface area contributed by atoms with Gasteiger partial charge in [-0.15, -0.1) is 0 Å². The first-order valence-corrected chi connectivity index (χ1v) is 11.6. The molecule has 0 spiro atoms. The highest BCUT2D eigenvalue weighted by Gasteiger charge is 2.24. The highest BCUT2D eigenvalue weighted by Crippen LogP contribution is 2.19. The minimum Gasteiger partial charge on any atom is -0.340 e. The van der Waals surface area contributed by atoms with Gasteiger partial charge >= 0.3 is 0 Å². The number of hydrogen-bond donors (Lipinski definition) is 0. The monoisotopic (exact) mass is 404 g/mol. The lowest BCUT2D eigenvalue weighted by atomic mass is 10.1. The average molecular weight is 405 g/mol. The van der Waals surface area contributed by atoms with E-state index < -0.39 is 9.84 Å². The van der Waals surface area contributed by atoms with Crippen molar-refractivity contribution in [2.45, 2.75) is 20.3 Å². The molecule has 0 bridgehead atoms. The summed E-state index contributed by atoms with van der Waals surface area (Å²) in [5.41, 5.74) is 3.83. The van der Waals surface area contributed by atoms with Crippen molar-refractivity contribution in [2.75, 3.05) is 44.7 Å². The molecular formula is C20H28N4O3S. The van der Waals surface area contributed by atoms with Crippen LogP contribution >= 0.6 is 0 Å². The first-order valence-electron chi connectivity index (χ1n) is 9.53. The Morgan fingerprint density at radius 3 is 2.32 bits per heavy atom. The summed E-state index contributed by atoms with van der Waals surface area (Å²) in [5, 5.41) is 4.62. The zero-order valence-electron chi connectivity index (χ0n) is 16.8. The van der Waals surface area contributed by atoms with E-state index in [1.165, 1.54) is 6.26 Å². The molecule has 3 rings (SSSR count). The largest absolute Gasteiger partial charge is 0.340 e. The number of hydrogen-bond acceptors (Lipinski definition) is 5. The van der Waals surface area contributed by atoms with E-state index in [2.05, 4.69) is 10.00 Å². The number of sulfone groups is 1. The van der Waals surface area contributed by atoms with Crippen molar-refractivity contribution < 1.29 is 13.2 Å². The van der Waals surface area contributed by atoms with Crippen LogP contribution in [-0.4, -0.2) is 78.6 Å². The van der Waals surface area contributed by atoms with Gasteiger partial charge < -0.3 is 4.90 Å². The molecule has 0 N–H and O–H groups in total. The van der Waals surface area contributed by atoms with E-state index in [-0.39, 0.29) is 11.7 Å². The lowest BCUT2D eigenvalue weighted by Gasteiger charge is -2.34. The van der Waals surface area contributed by atoms with Crippen molar-refractivity contribution in [1.29, 1.82) is 0 Å². The maximum atomic E-state index is 12.8. The van der Waals surface area contributed by atoms with Crippen LogP contribution in [0.5, 0.6) is 0 Å². The summed E-state index contributed by atoms with van der Waals surface area (Å²) in [5.74, 6) is 0.263. The fourth-order valence-electron chi connectivity index (χ4n) is 3.53. The predicted molar refractivity (Wildman–Crippen MR) is 109 cm³/mol. The molecule has 0 aliphatic carbocycles. The molecule has 1 aliphatic rings. The number of aromatic nitrogens is 2. The molecule has 0 atom stereocenters. The third-order valence-electron chi connectivity index (χ3n) is 5.27. The molecule has 1 amide bonds. The number of carbonyl (C=O) groups is 1. The number of amides is 1. The zero-order valence-corrected chi connectivity index (χ0v) is 17.6. The van der Waals surface area contributed by atoms with Gasteiger partial charge in [0.25, 0.3) is 0 Å². The molecule has 1 aromatic heterocycles. The highest BCUT2D eigenvalue weighted by molar-refractivity contribution is 7.90. The van der Waals surface area contributed by atoms with E-state index in [9.17, 15) is 13.2 Å². The van der Waals surface area contributed by atoms with Crippen LogP contribution in [0.2, 0.25) is 0 Å². The first kappa shape index (κ1) is 20.5. The molecule has 0 unspecified atom stereocenters. The summed E-state index contributed by atoms with van der Waals surface area (Å²) in [6.45, 7) is 7.16. The minimum atomic E-state index is -2.96. The molecule has 152 valence electrons. The predicted octanol–water partition coefficient (Wildman–Crippen LogP) is 1.22. The fourth-order valence-corrected chi connectivity index (χ4v) is 4.12. The van der Waals surface area contributed by atoms with E-state index in [4.69, 9.17) is 0 Å². The normalized spacial score (nSPS) is 15.8. The van der Waals surface area contributed by atoms with Crippen LogP contribution in [0.25, 0.3) is 5.69 Å². The summed E-state index contributed by atoms with van der Waals surface area (Å²) >= 11 is 0. The number of carbonyl (C=O) groups excluding carboxylic acids is 1. The van der Waals surface area contributed by atoms with E-state index in [1.807, 2.05) is 53.8 Å². The molecule has 7 nitrogen and oxygen atoms in total. The molecule has 1 aliphatic heterocycles. The third kappa shape index (κ3) is 4.99. The summed E-state index contributed by atoms with van der Waals surface area (Å²) in [4.78, 5) is 16.8. The second kappa shape index (κ2) is 8.45. The molecule has 1 saturated heterocycles.